The van der Waals surface area contributed by atoms with Gasteiger partial charge in [0, 0.05) is 16.6 Å². The number of anilines is 1. The first-order chi connectivity index (χ1) is 10.7. The van der Waals surface area contributed by atoms with E-state index in [1.165, 1.54) is 27.6 Å². The number of nitrogens with one attached hydrogen (secondary N) is 1. The van der Waals surface area contributed by atoms with Crippen molar-refractivity contribution in [3.8, 4) is 22.3 Å². The molecule has 0 saturated carbocycles. The van der Waals surface area contributed by atoms with Crippen LogP contribution in [0.5, 0.6) is 0 Å². The van der Waals surface area contributed by atoms with Gasteiger partial charge in [-0.2, -0.15) is 0 Å². The van der Waals surface area contributed by atoms with Crippen LogP contribution in [0.1, 0.15) is 6.92 Å². The summed E-state index contributed by atoms with van der Waals surface area (Å²) in [5.74, 6) is -0.142. The smallest absolute Gasteiger partial charge is 0.250 e. The Morgan fingerprint density at radius 1 is 0.864 bits per heavy atom. The SMILES string of the molecule is C=C(C)C(=O)Nc1ccc2c3c(cccc13)-c1ccccc1-2. The summed E-state index contributed by atoms with van der Waals surface area (Å²) in [4.78, 5) is 11.9. The van der Waals surface area contributed by atoms with Gasteiger partial charge in [-0.05, 0) is 40.6 Å². The Hall–Kier alpha value is -2.87. The van der Waals surface area contributed by atoms with E-state index in [-0.39, 0.29) is 5.91 Å². The van der Waals surface area contributed by atoms with Gasteiger partial charge in [-0.25, -0.2) is 0 Å². The zero-order valence-electron chi connectivity index (χ0n) is 12.3. The Morgan fingerprint density at radius 2 is 1.50 bits per heavy atom. The van der Waals surface area contributed by atoms with Gasteiger partial charge in [-0.15, -0.1) is 0 Å². The minimum atomic E-state index is -0.142. The highest BCUT2D eigenvalue weighted by molar-refractivity contribution is 6.20. The number of fused-ring (bicyclic) bond motifs is 3. The fourth-order valence-electron chi connectivity index (χ4n) is 3.15. The molecular weight excluding hydrogens is 270 g/mol. The van der Waals surface area contributed by atoms with Gasteiger partial charge >= 0.3 is 0 Å². The van der Waals surface area contributed by atoms with Crippen molar-refractivity contribution in [2.24, 2.45) is 0 Å². The zero-order valence-corrected chi connectivity index (χ0v) is 12.3. The summed E-state index contributed by atoms with van der Waals surface area (Å²) in [6.07, 6.45) is 0. The second-order valence-electron chi connectivity index (χ2n) is 5.67. The van der Waals surface area contributed by atoms with Gasteiger partial charge in [0.2, 0.25) is 0 Å². The van der Waals surface area contributed by atoms with Gasteiger partial charge in [0.05, 0.1) is 0 Å². The van der Waals surface area contributed by atoms with E-state index < -0.39 is 0 Å². The van der Waals surface area contributed by atoms with Crippen LogP contribution in [-0.4, -0.2) is 5.91 Å². The molecule has 1 aliphatic carbocycles. The highest BCUT2D eigenvalue weighted by atomic mass is 16.1. The molecule has 1 N–H and O–H groups in total. The minimum absolute atomic E-state index is 0.142. The van der Waals surface area contributed by atoms with E-state index in [0.717, 1.165) is 11.1 Å². The average Bonchev–Trinajstić information content (AvgIpc) is 2.86. The maximum atomic E-state index is 11.9. The second kappa shape index (κ2) is 4.57. The summed E-state index contributed by atoms with van der Waals surface area (Å²) < 4.78 is 0. The van der Waals surface area contributed by atoms with Crippen LogP contribution in [0.2, 0.25) is 0 Å². The van der Waals surface area contributed by atoms with Gasteiger partial charge < -0.3 is 5.32 Å². The van der Waals surface area contributed by atoms with Crippen molar-refractivity contribution in [3.05, 3.63) is 66.7 Å². The molecule has 0 unspecified atom stereocenters. The summed E-state index contributed by atoms with van der Waals surface area (Å²) in [7, 11) is 0. The van der Waals surface area contributed by atoms with Crippen LogP contribution in [-0.2, 0) is 4.79 Å². The Balaban J connectivity index is 1.98. The summed E-state index contributed by atoms with van der Waals surface area (Å²) in [6, 6.07) is 18.7. The van der Waals surface area contributed by atoms with Crippen LogP contribution in [0.25, 0.3) is 33.0 Å². The first-order valence-electron chi connectivity index (χ1n) is 7.29. The Bertz CT molecular complexity index is 924. The van der Waals surface area contributed by atoms with Crippen molar-refractivity contribution in [2.75, 3.05) is 5.32 Å². The lowest BCUT2D eigenvalue weighted by Crippen LogP contribution is -2.12. The number of benzene rings is 3. The van der Waals surface area contributed by atoms with Crippen molar-refractivity contribution in [1.29, 1.82) is 0 Å². The number of amides is 1. The van der Waals surface area contributed by atoms with Gasteiger partial charge in [-0.1, -0.05) is 55.1 Å². The van der Waals surface area contributed by atoms with Gasteiger partial charge in [0.15, 0.2) is 0 Å². The Morgan fingerprint density at radius 3 is 2.18 bits per heavy atom. The fourth-order valence-corrected chi connectivity index (χ4v) is 3.15. The minimum Gasteiger partial charge on any atom is -0.322 e. The molecule has 0 heterocycles. The molecule has 0 bridgehead atoms. The molecule has 4 rings (SSSR count). The fraction of sp³-hybridized carbons (Fsp3) is 0.0500. The lowest BCUT2D eigenvalue weighted by molar-refractivity contribution is -0.112. The molecule has 106 valence electrons. The lowest BCUT2D eigenvalue weighted by Gasteiger charge is -2.10. The highest BCUT2D eigenvalue weighted by Crippen LogP contribution is 2.48. The third kappa shape index (κ3) is 1.70. The molecule has 2 heteroatoms. The quantitative estimate of drug-likeness (QED) is 0.516. The topological polar surface area (TPSA) is 29.1 Å². The monoisotopic (exact) mass is 285 g/mol. The van der Waals surface area contributed by atoms with Gasteiger partial charge in [0.1, 0.15) is 0 Å². The Kier molecular flexibility index (Phi) is 2.67. The number of carbonyl (C=O) groups excluding carboxylic acids is 1. The van der Waals surface area contributed by atoms with E-state index in [4.69, 9.17) is 0 Å². The van der Waals surface area contributed by atoms with Crippen molar-refractivity contribution in [2.45, 2.75) is 6.92 Å². The third-order valence-corrected chi connectivity index (χ3v) is 4.18. The van der Waals surface area contributed by atoms with Crippen LogP contribution < -0.4 is 5.32 Å². The number of carbonyl (C=O) groups is 1. The number of rotatable bonds is 2. The molecule has 0 aromatic heterocycles. The standard InChI is InChI=1S/C20H15NO/c1-12(2)20(22)21-18-11-10-16-14-7-4-3-6-13(14)15-8-5-9-17(18)19(15)16/h3-11H,1H2,2H3,(H,21,22). The third-order valence-electron chi connectivity index (χ3n) is 4.18. The lowest BCUT2D eigenvalue weighted by atomic mass is 10.0. The number of hydrogen-bond acceptors (Lipinski definition) is 1. The molecule has 0 spiro atoms. The molecule has 0 aliphatic heterocycles. The molecule has 22 heavy (non-hydrogen) atoms. The van der Waals surface area contributed by atoms with Crippen LogP contribution in [0.3, 0.4) is 0 Å². The van der Waals surface area contributed by atoms with Gasteiger partial charge in [0.25, 0.3) is 5.91 Å². The van der Waals surface area contributed by atoms with Gasteiger partial charge in [-0.3, -0.25) is 4.79 Å². The van der Waals surface area contributed by atoms with Crippen molar-refractivity contribution in [1.82, 2.24) is 0 Å². The first kappa shape index (κ1) is 12.8. The molecule has 3 aromatic rings. The normalized spacial score (nSPS) is 11.3. The predicted molar refractivity (Wildman–Crippen MR) is 91.8 cm³/mol. The summed E-state index contributed by atoms with van der Waals surface area (Å²) in [5, 5.41) is 5.24. The molecule has 2 nitrogen and oxygen atoms in total. The summed E-state index contributed by atoms with van der Waals surface area (Å²) in [6.45, 7) is 5.41. The van der Waals surface area contributed by atoms with Crippen LogP contribution in [0.15, 0.2) is 66.7 Å². The summed E-state index contributed by atoms with van der Waals surface area (Å²) in [5.41, 5.74) is 6.31. The van der Waals surface area contributed by atoms with E-state index in [2.05, 4.69) is 54.4 Å². The maximum absolute atomic E-state index is 11.9. The largest absolute Gasteiger partial charge is 0.322 e. The van der Waals surface area contributed by atoms with E-state index >= 15 is 0 Å². The van der Waals surface area contributed by atoms with E-state index in [0.29, 0.717) is 5.57 Å². The van der Waals surface area contributed by atoms with Crippen molar-refractivity contribution < 1.29 is 4.79 Å². The predicted octanol–water partition coefficient (Wildman–Crippen LogP) is 5.00. The van der Waals surface area contributed by atoms with Crippen LogP contribution in [0, 0.1) is 0 Å². The highest BCUT2D eigenvalue weighted by Gasteiger charge is 2.22. The molecule has 0 saturated heterocycles. The molecule has 0 fully saturated rings. The molecule has 1 aliphatic rings. The Labute approximate surface area is 129 Å². The molecule has 0 atom stereocenters. The molecule has 0 radical (unpaired) electrons. The molecular formula is C20H15NO. The van der Waals surface area contributed by atoms with E-state index in [1.807, 2.05) is 12.1 Å². The zero-order chi connectivity index (χ0) is 15.3. The summed E-state index contributed by atoms with van der Waals surface area (Å²) >= 11 is 0. The van der Waals surface area contributed by atoms with E-state index in [9.17, 15) is 4.79 Å². The van der Waals surface area contributed by atoms with Crippen LogP contribution in [0.4, 0.5) is 5.69 Å². The second-order valence-corrected chi connectivity index (χ2v) is 5.67. The van der Waals surface area contributed by atoms with Crippen LogP contribution >= 0.6 is 0 Å². The first-order valence-corrected chi connectivity index (χ1v) is 7.29. The maximum Gasteiger partial charge on any atom is 0.250 e. The molecule has 3 aromatic carbocycles. The van der Waals surface area contributed by atoms with Crippen molar-refractivity contribution >= 4 is 22.4 Å². The molecule has 1 amide bonds. The average molecular weight is 285 g/mol. The van der Waals surface area contributed by atoms with Crippen molar-refractivity contribution in [3.63, 3.8) is 0 Å². The van der Waals surface area contributed by atoms with E-state index in [1.54, 1.807) is 6.92 Å². The number of hydrogen-bond donors (Lipinski definition) is 1.